The van der Waals surface area contributed by atoms with Crippen molar-refractivity contribution < 1.29 is 9.59 Å². The predicted molar refractivity (Wildman–Crippen MR) is 82.6 cm³/mol. The van der Waals surface area contributed by atoms with Crippen LogP contribution in [0.2, 0.25) is 0 Å². The molecule has 1 saturated heterocycles. The topological polar surface area (TPSA) is 75.4 Å². The summed E-state index contributed by atoms with van der Waals surface area (Å²) in [6, 6.07) is 7.64. The van der Waals surface area contributed by atoms with Crippen molar-refractivity contribution in [2.75, 3.05) is 18.4 Å². The Labute approximate surface area is 125 Å². The molecule has 0 aliphatic carbocycles. The van der Waals surface area contributed by atoms with E-state index in [1.54, 1.807) is 6.92 Å². The van der Waals surface area contributed by atoms with Crippen molar-refractivity contribution in [3.05, 3.63) is 29.8 Å². The molecule has 1 aromatic rings. The number of piperidine rings is 1. The molecular formula is C16H23N3O2. The van der Waals surface area contributed by atoms with Crippen molar-refractivity contribution in [1.82, 2.24) is 4.90 Å². The highest BCUT2D eigenvalue weighted by molar-refractivity contribution is 5.92. The highest BCUT2D eigenvalue weighted by atomic mass is 16.2. The average Bonchev–Trinajstić information content (AvgIpc) is 2.49. The average molecular weight is 289 g/mol. The zero-order valence-corrected chi connectivity index (χ0v) is 12.5. The highest BCUT2D eigenvalue weighted by Gasteiger charge is 2.18. The van der Waals surface area contributed by atoms with E-state index in [-0.39, 0.29) is 17.7 Å². The van der Waals surface area contributed by atoms with Crippen molar-refractivity contribution >= 4 is 17.5 Å². The summed E-state index contributed by atoms with van der Waals surface area (Å²) < 4.78 is 0. The van der Waals surface area contributed by atoms with E-state index >= 15 is 0 Å². The van der Waals surface area contributed by atoms with Crippen LogP contribution in [-0.2, 0) is 16.1 Å². The fraction of sp³-hybridized carbons (Fsp3) is 0.500. The van der Waals surface area contributed by atoms with Gasteiger partial charge in [-0.2, -0.15) is 0 Å². The Balaban J connectivity index is 2.00. The molecule has 114 valence electrons. The first kappa shape index (κ1) is 15.5. The Morgan fingerprint density at radius 2 is 2.24 bits per heavy atom. The second kappa shape index (κ2) is 7.22. The lowest BCUT2D eigenvalue weighted by molar-refractivity contribution is -0.133. The van der Waals surface area contributed by atoms with Crippen molar-refractivity contribution in [3.63, 3.8) is 0 Å². The predicted octanol–water partition coefficient (Wildman–Crippen LogP) is 1.73. The van der Waals surface area contributed by atoms with E-state index in [0.29, 0.717) is 19.5 Å². The second-order valence-electron chi connectivity index (χ2n) is 5.60. The Morgan fingerprint density at radius 1 is 1.43 bits per heavy atom. The van der Waals surface area contributed by atoms with Crippen molar-refractivity contribution in [2.45, 2.75) is 32.7 Å². The number of benzene rings is 1. The fourth-order valence-electron chi connectivity index (χ4n) is 2.37. The number of nitrogens with two attached hydrogens (primary N) is 1. The quantitative estimate of drug-likeness (QED) is 0.867. The maximum atomic E-state index is 11.8. The molecule has 2 rings (SSSR count). The molecule has 0 spiro atoms. The van der Waals surface area contributed by atoms with Crippen LogP contribution in [0.4, 0.5) is 5.69 Å². The van der Waals surface area contributed by atoms with Crippen molar-refractivity contribution in [2.24, 2.45) is 11.7 Å². The van der Waals surface area contributed by atoms with Gasteiger partial charge in [-0.05, 0) is 30.5 Å². The molecule has 1 fully saturated rings. The summed E-state index contributed by atoms with van der Waals surface area (Å²) in [4.78, 5) is 25.6. The summed E-state index contributed by atoms with van der Waals surface area (Å²) in [6.07, 6.45) is 2.70. The molecule has 0 saturated carbocycles. The van der Waals surface area contributed by atoms with Crippen LogP contribution in [-0.4, -0.2) is 29.8 Å². The summed E-state index contributed by atoms with van der Waals surface area (Å²) in [5.74, 6) is -0.0755. The number of hydrogen-bond acceptors (Lipinski definition) is 3. The minimum absolute atomic E-state index is 0.0799. The van der Waals surface area contributed by atoms with Crippen molar-refractivity contribution in [3.8, 4) is 0 Å². The van der Waals surface area contributed by atoms with E-state index in [2.05, 4.69) is 5.32 Å². The number of anilines is 1. The first-order chi connectivity index (χ1) is 10.1. The van der Waals surface area contributed by atoms with Gasteiger partial charge < -0.3 is 16.0 Å². The maximum absolute atomic E-state index is 11.8. The number of carbonyl (C=O) groups excluding carboxylic acids is 2. The van der Waals surface area contributed by atoms with Gasteiger partial charge in [0.15, 0.2) is 0 Å². The van der Waals surface area contributed by atoms with Crippen LogP contribution in [0.5, 0.6) is 0 Å². The molecule has 2 amide bonds. The summed E-state index contributed by atoms with van der Waals surface area (Å²) in [5, 5.41) is 2.86. The lowest BCUT2D eigenvalue weighted by Crippen LogP contribution is -2.34. The monoisotopic (exact) mass is 289 g/mol. The lowest BCUT2D eigenvalue weighted by Gasteiger charge is -2.26. The molecule has 3 N–H and O–H groups in total. The number of rotatable bonds is 5. The first-order valence-electron chi connectivity index (χ1n) is 7.48. The van der Waals surface area contributed by atoms with Crippen molar-refractivity contribution in [1.29, 1.82) is 0 Å². The van der Waals surface area contributed by atoms with Crippen LogP contribution in [0.1, 0.15) is 31.7 Å². The smallest absolute Gasteiger partial charge is 0.228 e. The van der Waals surface area contributed by atoms with Crippen LogP contribution in [0.15, 0.2) is 24.3 Å². The minimum Gasteiger partial charge on any atom is -0.338 e. The minimum atomic E-state index is -0.211. The molecule has 1 atom stereocenters. The molecule has 1 unspecified atom stereocenters. The molecule has 1 aliphatic heterocycles. The van der Waals surface area contributed by atoms with Crippen LogP contribution in [0, 0.1) is 5.92 Å². The highest BCUT2D eigenvalue weighted by Crippen LogP contribution is 2.17. The first-order valence-corrected chi connectivity index (χ1v) is 7.48. The summed E-state index contributed by atoms with van der Waals surface area (Å²) in [7, 11) is 0. The van der Waals surface area contributed by atoms with E-state index in [0.717, 1.165) is 30.6 Å². The third kappa shape index (κ3) is 4.29. The van der Waals surface area contributed by atoms with E-state index < -0.39 is 0 Å². The number of nitrogens with one attached hydrogen (secondary N) is 1. The standard InChI is InChI=1S/C16H23N3O2/c1-12(10-17)16(21)18-14-6-4-5-13(9-14)11-19-8-3-2-7-15(19)20/h4-6,9,12H,2-3,7-8,10-11,17H2,1H3,(H,18,21). The number of carbonyl (C=O) groups is 2. The normalized spacial score (nSPS) is 16.7. The zero-order valence-electron chi connectivity index (χ0n) is 12.5. The molecule has 0 bridgehead atoms. The van der Waals surface area contributed by atoms with Gasteiger partial charge in [-0.15, -0.1) is 0 Å². The molecule has 5 nitrogen and oxygen atoms in total. The van der Waals surface area contributed by atoms with E-state index in [1.165, 1.54) is 0 Å². The molecule has 1 aromatic carbocycles. The van der Waals surface area contributed by atoms with Gasteiger partial charge in [0.2, 0.25) is 11.8 Å². The Kier molecular flexibility index (Phi) is 5.33. The molecular weight excluding hydrogens is 266 g/mol. The van der Waals surface area contributed by atoms with Gasteiger partial charge in [0.05, 0.1) is 0 Å². The van der Waals surface area contributed by atoms with Crippen LogP contribution in [0.3, 0.4) is 0 Å². The van der Waals surface area contributed by atoms with Gasteiger partial charge in [-0.25, -0.2) is 0 Å². The van der Waals surface area contributed by atoms with Crippen LogP contribution < -0.4 is 11.1 Å². The third-order valence-corrected chi connectivity index (χ3v) is 3.79. The Bertz CT molecular complexity index is 516. The van der Waals surface area contributed by atoms with E-state index in [4.69, 9.17) is 5.73 Å². The van der Waals surface area contributed by atoms with Gasteiger partial charge >= 0.3 is 0 Å². The number of likely N-dealkylation sites (tertiary alicyclic amines) is 1. The largest absolute Gasteiger partial charge is 0.338 e. The van der Waals surface area contributed by atoms with E-state index in [1.807, 2.05) is 29.2 Å². The maximum Gasteiger partial charge on any atom is 0.228 e. The molecule has 21 heavy (non-hydrogen) atoms. The molecule has 0 aromatic heterocycles. The lowest BCUT2D eigenvalue weighted by atomic mass is 10.1. The SMILES string of the molecule is CC(CN)C(=O)Nc1cccc(CN2CCCCC2=O)c1. The molecule has 1 heterocycles. The molecule has 5 heteroatoms. The summed E-state index contributed by atoms with van der Waals surface area (Å²) in [5.41, 5.74) is 7.27. The van der Waals surface area contributed by atoms with Gasteiger partial charge in [0.25, 0.3) is 0 Å². The Morgan fingerprint density at radius 3 is 2.95 bits per heavy atom. The summed E-state index contributed by atoms with van der Waals surface area (Å²) in [6.45, 7) is 3.55. The van der Waals surface area contributed by atoms with Crippen LogP contribution in [0.25, 0.3) is 0 Å². The third-order valence-electron chi connectivity index (χ3n) is 3.79. The number of amides is 2. The van der Waals surface area contributed by atoms with E-state index in [9.17, 15) is 9.59 Å². The van der Waals surface area contributed by atoms with Gasteiger partial charge in [-0.3, -0.25) is 9.59 Å². The Hall–Kier alpha value is -1.88. The van der Waals surface area contributed by atoms with Gasteiger partial charge in [-0.1, -0.05) is 19.1 Å². The molecule has 0 radical (unpaired) electrons. The fourth-order valence-corrected chi connectivity index (χ4v) is 2.37. The number of hydrogen-bond donors (Lipinski definition) is 2. The van der Waals surface area contributed by atoms with Gasteiger partial charge in [0.1, 0.15) is 0 Å². The van der Waals surface area contributed by atoms with Crippen LogP contribution >= 0.6 is 0 Å². The number of nitrogens with zero attached hydrogens (tertiary/aromatic N) is 1. The second-order valence-corrected chi connectivity index (χ2v) is 5.60. The zero-order chi connectivity index (χ0) is 15.2. The van der Waals surface area contributed by atoms with Gasteiger partial charge in [0, 0.05) is 37.7 Å². The molecule has 1 aliphatic rings. The summed E-state index contributed by atoms with van der Waals surface area (Å²) >= 11 is 0.